The molecule has 1 atom stereocenters. The summed E-state index contributed by atoms with van der Waals surface area (Å²) >= 11 is 1.80. The van der Waals surface area contributed by atoms with Crippen molar-refractivity contribution < 1.29 is 8.42 Å². The van der Waals surface area contributed by atoms with Gasteiger partial charge in [-0.05, 0) is 32.9 Å². The largest absolute Gasteiger partial charge is 0.357 e. The summed E-state index contributed by atoms with van der Waals surface area (Å²) in [6.45, 7) is 7.21. The highest BCUT2D eigenvalue weighted by Crippen LogP contribution is 2.16. The van der Waals surface area contributed by atoms with Gasteiger partial charge in [-0.1, -0.05) is 0 Å². The van der Waals surface area contributed by atoms with E-state index >= 15 is 0 Å². The van der Waals surface area contributed by atoms with Gasteiger partial charge >= 0.3 is 0 Å². The van der Waals surface area contributed by atoms with Crippen molar-refractivity contribution in [1.29, 1.82) is 0 Å². The minimum atomic E-state index is -2.97. The highest BCUT2D eigenvalue weighted by Gasteiger charge is 2.08. The lowest BCUT2D eigenvalue weighted by atomic mass is 10.2. The van der Waals surface area contributed by atoms with E-state index in [0.29, 0.717) is 5.96 Å². The van der Waals surface area contributed by atoms with Crippen molar-refractivity contribution in [3.8, 4) is 0 Å². The number of sulfone groups is 1. The number of aryl methyl sites for hydroxylation is 1. The first-order valence-corrected chi connectivity index (χ1v) is 9.95. The summed E-state index contributed by atoms with van der Waals surface area (Å²) < 4.78 is 22.3. The van der Waals surface area contributed by atoms with Crippen molar-refractivity contribution in [2.45, 2.75) is 33.2 Å². The number of hydrogen-bond donors (Lipinski definition) is 2. The summed E-state index contributed by atoms with van der Waals surface area (Å²) in [4.78, 5) is 6.95. The van der Waals surface area contributed by atoms with Crippen molar-refractivity contribution in [1.82, 2.24) is 10.6 Å². The van der Waals surface area contributed by atoms with Gasteiger partial charge in [-0.15, -0.1) is 11.3 Å². The van der Waals surface area contributed by atoms with Crippen LogP contribution >= 0.6 is 11.3 Å². The molecule has 1 aromatic heterocycles. The Kier molecular flexibility index (Phi) is 7.17. The summed E-state index contributed by atoms with van der Waals surface area (Å²) in [5.74, 6) is 0.740. The Bertz CT molecular complexity index is 565. The van der Waals surface area contributed by atoms with E-state index in [9.17, 15) is 8.42 Å². The molecule has 1 aromatic rings. The standard InChI is InChI=1S/C14H25N3O2S2/c1-5-15-14(16-8-9-21(4,18)19)17-11(2)10-13-7-6-12(3)20-13/h6-7,11H,5,8-10H2,1-4H3,(H2,15,16,17). The van der Waals surface area contributed by atoms with Crippen LogP contribution in [0, 0.1) is 6.92 Å². The molecule has 21 heavy (non-hydrogen) atoms. The molecule has 0 fully saturated rings. The number of nitrogens with zero attached hydrogens (tertiary/aromatic N) is 1. The predicted molar refractivity (Wildman–Crippen MR) is 91.0 cm³/mol. The zero-order valence-electron chi connectivity index (χ0n) is 13.1. The van der Waals surface area contributed by atoms with E-state index in [1.54, 1.807) is 11.3 Å². The van der Waals surface area contributed by atoms with Gasteiger partial charge in [-0.2, -0.15) is 0 Å². The summed E-state index contributed by atoms with van der Waals surface area (Å²) in [5.41, 5.74) is 0. The molecule has 2 N–H and O–H groups in total. The monoisotopic (exact) mass is 331 g/mol. The number of rotatable bonds is 7. The van der Waals surface area contributed by atoms with Gasteiger partial charge < -0.3 is 10.6 Å². The molecule has 0 aliphatic rings. The van der Waals surface area contributed by atoms with Gasteiger partial charge in [0.05, 0.1) is 12.3 Å². The third kappa shape index (κ3) is 8.06. The van der Waals surface area contributed by atoms with E-state index < -0.39 is 9.84 Å². The second kappa shape index (κ2) is 8.38. The number of nitrogens with one attached hydrogen (secondary N) is 2. The van der Waals surface area contributed by atoms with Gasteiger partial charge in [0, 0.05) is 35.0 Å². The van der Waals surface area contributed by atoms with Crippen LogP contribution in [0.25, 0.3) is 0 Å². The maximum atomic E-state index is 11.1. The Balaban J connectivity index is 2.54. The Morgan fingerprint density at radius 3 is 2.67 bits per heavy atom. The van der Waals surface area contributed by atoms with E-state index in [1.807, 2.05) is 6.92 Å². The smallest absolute Gasteiger partial charge is 0.191 e. The Morgan fingerprint density at radius 1 is 1.43 bits per heavy atom. The van der Waals surface area contributed by atoms with Crippen LogP contribution in [0.5, 0.6) is 0 Å². The second-order valence-corrected chi connectivity index (χ2v) is 8.78. The highest BCUT2D eigenvalue weighted by molar-refractivity contribution is 7.90. The Hall–Kier alpha value is -1.08. The quantitative estimate of drug-likeness (QED) is 0.588. The van der Waals surface area contributed by atoms with Gasteiger partial charge in [0.2, 0.25) is 0 Å². The summed E-state index contributed by atoms with van der Waals surface area (Å²) in [7, 11) is -2.97. The molecule has 1 rings (SSSR count). The fraction of sp³-hybridized carbons (Fsp3) is 0.643. The zero-order chi connectivity index (χ0) is 15.9. The molecule has 1 heterocycles. The molecule has 0 aliphatic heterocycles. The minimum Gasteiger partial charge on any atom is -0.357 e. The molecule has 120 valence electrons. The Labute approximate surface area is 131 Å². The molecule has 0 amide bonds. The average molecular weight is 332 g/mol. The van der Waals surface area contributed by atoms with Crippen LogP contribution < -0.4 is 10.6 Å². The van der Waals surface area contributed by atoms with Crippen LogP contribution in [0.3, 0.4) is 0 Å². The first-order chi connectivity index (χ1) is 9.80. The lowest BCUT2D eigenvalue weighted by Gasteiger charge is -2.17. The number of thiophene rings is 1. The molecule has 7 heteroatoms. The van der Waals surface area contributed by atoms with E-state index in [1.165, 1.54) is 16.0 Å². The SMILES string of the molecule is CCNC(=NCCS(C)(=O)=O)NC(C)Cc1ccc(C)s1. The van der Waals surface area contributed by atoms with E-state index in [2.05, 4.69) is 41.6 Å². The molecule has 0 aromatic carbocycles. The summed E-state index contributed by atoms with van der Waals surface area (Å²) in [6.07, 6.45) is 2.15. The number of aliphatic imine (C=N–C) groups is 1. The third-order valence-electron chi connectivity index (χ3n) is 2.76. The topological polar surface area (TPSA) is 70.6 Å². The fourth-order valence-electron chi connectivity index (χ4n) is 1.82. The first-order valence-electron chi connectivity index (χ1n) is 7.08. The van der Waals surface area contributed by atoms with Crippen LogP contribution in [-0.4, -0.2) is 45.5 Å². The molecule has 5 nitrogen and oxygen atoms in total. The van der Waals surface area contributed by atoms with E-state index in [-0.39, 0.29) is 18.3 Å². The number of guanidine groups is 1. The molecular formula is C14H25N3O2S2. The summed E-state index contributed by atoms with van der Waals surface area (Å²) in [6, 6.07) is 4.50. The van der Waals surface area contributed by atoms with Crippen LogP contribution in [0.15, 0.2) is 17.1 Å². The van der Waals surface area contributed by atoms with E-state index in [4.69, 9.17) is 0 Å². The molecule has 0 radical (unpaired) electrons. The third-order valence-corrected chi connectivity index (χ3v) is 4.71. The van der Waals surface area contributed by atoms with Gasteiger partial charge in [0.15, 0.2) is 5.96 Å². The molecule has 0 spiro atoms. The van der Waals surface area contributed by atoms with Crippen molar-refractivity contribution in [2.24, 2.45) is 4.99 Å². The molecule has 0 bridgehead atoms. The average Bonchev–Trinajstić information content (AvgIpc) is 2.73. The lowest BCUT2D eigenvalue weighted by molar-refractivity contribution is 0.601. The minimum absolute atomic E-state index is 0.0715. The Morgan fingerprint density at radius 2 is 2.14 bits per heavy atom. The molecular weight excluding hydrogens is 306 g/mol. The van der Waals surface area contributed by atoms with Gasteiger partial charge in [0.25, 0.3) is 0 Å². The van der Waals surface area contributed by atoms with E-state index in [0.717, 1.165) is 13.0 Å². The molecule has 0 aliphatic carbocycles. The highest BCUT2D eigenvalue weighted by atomic mass is 32.2. The summed E-state index contributed by atoms with van der Waals surface area (Å²) in [5, 5.41) is 6.45. The fourth-order valence-corrected chi connectivity index (χ4v) is 3.27. The van der Waals surface area contributed by atoms with Crippen molar-refractivity contribution in [3.05, 3.63) is 21.9 Å². The predicted octanol–water partition coefficient (Wildman–Crippen LogP) is 1.59. The normalized spacial score (nSPS) is 14.0. The van der Waals surface area contributed by atoms with Crippen molar-refractivity contribution >= 4 is 27.1 Å². The van der Waals surface area contributed by atoms with Crippen molar-refractivity contribution in [3.63, 3.8) is 0 Å². The van der Waals surface area contributed by atoms with Crippen molar-refractivity contribution in [2.75, 3.05) is 25.1 Å². The lowest BCUT2D eigenvalue weighted by Crippen LogP contribution is -2.43. The van der Waals surface area contributed by atoms with Crippen LogP contribution in [0.1, 0.15) is 23.6 Å². The van der Waals surface area contributed by atoms with Gasteiger partial charge in [-0.25, -0.2) is 8.42 Å². The molecule has 0 saturated carbocycles. The van der Waals surface area contributed by atoms with Crippen LogP contribution in [0.2, 0.25) is 0 Å². The van der Waals surface area contributed by atoms with Crippen LogP contribution in [0.4, 0.5) is 0 Å². The maximum absolute atomic E-state index is 11.1. The van der Waals surface area contributed by atoms with Crippen LogP contribution in [-0.2, 0) is 16.3 Å². The van der Waals surface area contributed by atoms with Gasteiger partial charge in [0.1, 0.15) is 9.84 Å². The number of hydrogen-bond acceptors (Lipinski definition) is 4. The molecule has 0 saturated heterocycles. The van der Waals surface area contributed by atoms with Gasteiger partial charge in [-0.3, -0.25) is 4.99 Å². The second-order valence-electron chi connectivity index (χ2n) is 5.15. The molecule has 1 unspecified atom stereocenters. The zero-order valence-corrected chi connectivity index (χ0v) is 14.8. The first kappa shape index (κ1) is 18.0. The maximum Gasteiger partial charge on any atom is 0.191 e.